The number of rotatable bonds is 6. The lowest BCUT2D eigenvalue weighted by Crippen LogP contribution is -2.51. The number of hydrogen-bond donors (Lipinski definition) is 1. The molecule has 0 aliphatic carbocycles. The summed E-state index contributed by atoms with van der Waals surface area (Å²) in [6.07, 6.45) is 2.81. The van der Waals surface area contributed by atoms with Crippen LogP contribution in [0.1, 0.15) is 37.3 Å². The molecule has 2 aromatic rings. The Hall–Kier alpha value is -2.41. The van der Waals surface area contributed by atoms with Gasteiger partial charge < -0.3 is 4.90 Å². The molecule has 2 aromatic carbocycles. The second-order valence-electron chi connectivity index (χ2n) is 9.34. The lowest BCUT2D eigenvalue weighted by atomic mass is 9.89. The number of hydrogen-bond acceptors (Lipinski definition) is 5. The first-order chi connectivity index (χ1) is 17.0. The fourth-order valence-corrected chi connectivity index (χ4v) is 7.58. The van der Waals surface area contributed by atoms with E-state index in [1.165, 1.54) is 0 Å². The molecule has 36 heavy (non-hydrogen) atoms. The first kappa shape index (κ1) is 26.6. The van der Waals surface area contributed by atoms with Crippen LogP contribution >= 0.6 is 0 Å². The van der Waals surface area contributed by atoms with Crippen molar-refractivity contribution in [3.05, 3.63) is 65.7 Å². The van der Waals surface area contributed by atoms with E-state index in [2.05, 4.69) is 4.72 Å². The lowest BCUT2D eigenvalue weighted by Gasteiger charge is -2.41. The molecule has 0 aromatic heterocycles. The number of carbonyl (C=O) groups excluding carboxylic acids is 1. The molecule has 2 atom stereocenters. The number of piperidine rings is 2. The highest BCUT2D eigenvalue weighted by Crippen LogP contribution is 2.38. The minimum atomic E-state index is -4.39. The SMILES string of the molecule is CS(=O)(=O)NC1CCN(C(=O)[C@@H]2CC[C@H](c3ccccc3)N(S(=O)(=O)c3ccc(F)cc3F)C2)CC1. The third kappa shape index (κ3) is 5.93. The molecule has 2 heterocycles. The van der Waals surface area contributed by atoms with E-state index >= 15 is 0 Å². The maximum Gasteiger partial charge on any atom is 0.246 e. The Kier molecular flexibility index (Phi) is 7.79. The van der Waals surface area contributed by atoms with Gasteiger partial charge in [-0.1, -0.05) is 30.3 Å². The number of sulfonamides is 2. The standard InChI is InChI=1S/C24H29F2N3O5S2/c1-35(31,32)27-20-11-13-28(14-12-20)24(30)18-7-9-22(17-5-3-2-4-6-17)29(16-18)36(33,34)23-10-8-19(25)15-21(23)26/h2-6,8,10,15,18,20,22,27H,7,9,11-14,16H2,1H3/t18-,22-/m1/s1. The molecular weight excluding hydrogens is 512 g/mol. The molecular formula is C24H29F2N3O5S2. The Balaban J connectivity index is 1.57. The molecule has 0 saturated carbocycles. The van der Waals surface area contributed by atoms with E-state index < -0.39 is 48.5 Å². The number of amides is 1. The van der Waals surface area contributed by atoms with Gasteiger partial charge in [0.25, 0.3) is 0 Å². The van der Waals surface area contributed by atoms with Crippen molar-refractivity contribution in [3.63, 3.8) is 0 Å². The Bertz CT molecular complexity index is 1310. The van der Waals surface area contributed by atoms with Gasteiger partial charge in [0, 0.05) is 31.7 Å². The summed E-state index contributed by atoms with van der Waals surface area (Å²) in [4.78, 5) is 14.4. The average Bonchev–Trinajstić information content (AvgIpc) is 2.83. The summed E-state index contributed by atoms with van der Waals surface area (Å²) < 4.78 is 81.9. The average molecular weight is 542 g/mol. The van der Waals surface area contributed by atoms with Crippen molar-refractivity contribution in [2.75, 3.05) is 25.9 Å². The second kappa shape index (κ2) is 10.5. The molecule has 2 aliphatic rings. The minimum Gasteiger partial charge on any atom is -0.342 e. The molecule has 12 heteroatoms. The molecule has 2 aliphatic heterocycles. The molecule has 8 nitrogen and oxygen atoms in total. The van der Waals surface area contributed by atoms with Crippen LogP contribution in [0.4, 0.5) is 8.78 Å². The Morgan fingerprint density at radius 1 is 0.944 bits per heavy atom. The van der Waals surface area contributed by atoms with Crippen LogP contribution in [0, 0.1) is 17.6 Å². The van der Waals surface area contributed by atoms with Gasteiger partial charge in [-0.2, -0.15) is 4.31 Å². The predicted molar refractivity (Wildman–Crippen MR) is 130 cm³/mol. The van der Waals surface area contributed by atoms with E-state index in [9.17, 15) is 30.4 Å². The quantitative estimate of drug-likeness (QED) is 0.606. The van der Waals surface area contributed by atoms with Gasteiger partial charge in [-0.05, 0) is 43.4 Å². The molecule has 0 spiro atoms. The van der Waals surface area contributed by atoms with Crippen molar-refractivity contribution in [3.8, 4) is 0 Å². The topological polar surface area (TPSA) is 104 Å². The van der Waals surface area contributed by atoms with Gasteiger partial charge >= 0.3 is 0 Å². The van der Waals surface area contributed by atoms with E-state index in [4.69, 9.17) is 0 Å². The summed E-state index contributed by atoms with van der Waals surface area (Å²) in [6.45, 7) is 0.563. The van der Waals surface area contributed by atoms with Crippen molar-refractivity contribution in [1.29, 1.82) is 0 Å². The normalized spacial score (nSPS) is 22.5. The first-order valence-electron chi connectivity index (χ1n) is 11.7. The van der Waals surface area contributed by atoms with Gasteiger partial charge in [-0.3, -0.25) is 4.79 Å². The molecule has 0 bridgehead atoms. The first-order valence-corrected chi connectivity index (χ1v) is 15.1. The Labute approximate surface area is 210 Å². The van der Waals surface area contributed by atoms with Gasteiger partial charge in [0.05, 0.1) is 18.2 Å². The number of nitrogens with one attached hydrogen (secondary N) is 1. The van der Waals surface area contributed by atoms with Crippen molar-refractivity contribution in [2.45, 2.75) is 42.7 Å². The van der Waals surface area contributed by atoms with Gasteiger partial charge in [0.2, 0.25) is 26.0 Å². The van der Waals surface area contributed by atoms with Crippen LogP contribution in [0.25, 0.3) is 0 Å². The zero-order valence-electron chi connectivity index (χ0n) is 19.8. The van der Waals surface area contributed by atoms with Gasteiger partial charge in [0.1, 0.15) is 16.5 Å². The van der Waals surface area contributed by atoms with Crippen molar-refractivity contribution < 1.29 is 30.4 Å². The minimum absolute atomic E-state index is 0.140. The number of carbonyl (C=O) groups is 1. The van der Waals surface area contributed by atoms with Crippen LogP contribution in [0.3, 0.4) is 0 Å². The monoisotopic (exact) mass is 541 g/mol. The number of halogens is 2. The van der Waals surface area contributed by atoms with Crippen LogP contribution in [0.5, 0.6) is 0 Å². The van der Waals surface area contributed by atoms with E-state index in [-0.39, 0.29) is 18.5 Å². The molecule has 1 N–H and O–H groups in total. The van der Waals surface area contributed by atoms with Crippen LogP contribution in [-0.2, 0) is 24.8 Å². The van der Waals surface area contributed by atoms with Crippen LogP contribution in [-0.4, -0.2) is 63.9 Å². The fourth-order valence-electron chi connectivity index (χ4n) is 5.00. The summed E-state index contributed by atoms with van der Waals surface area (Å²) >= 11 is 0. The summed E-state index contributed by atoms with van der Waals surface area (Å²) in [5, 5.41) is 0. The number of benzene rings is 2. The Morgan fingerprint density at radius 3 is 2.22 bits per heavy atom. The van der Waals surface area contributed by atoms with E-state index in [0.717, 1.165) is 28.3 Å². The highest BCUT2D eigenvalue weighted by atomic mass is 32.2. The summed E-state index contributed by atoms with van der Waals surface area (Å²) in [6, 6.07) is 10.4. The molecule has 196 valence electrons. The molecule has 2 saturated heterocycles. The Morgan fingerprint density at radius 2 is 1.61 bits per heavy atom. The predicted octanol–water partition coefficient (Wildman–Crippen LogP) is 2.65. The van der Waals surface area contributed by atoms with Gasteiger partial charge in [-0.25, -0.2) is 30.3 Å². The van der Waals surface area contributed by atoms with Crippen LogP contribution < -0.4 is 4.72 Å². The van der Waals surface area contributed by atoms with Crippen LogP contribution in [0.2, 0.25) is 0 Å². The molecule has 0 unspecified atom stereocenters. The van der Waals surface area contributed by atoms with E-state index in [1.54, 1.807) is 35.2 Å². The molecule has 1 amide bonds. The molecule has 2 fully saturated rings. The zero-order chi connectivity index (χ0) is 26.1. The third-order valence-corrected chi connectivity index (χ3v) is 9.41. The number of nitrogens with zero attached hydrogens (tertiary/aromatic N) is 2. The smallest absolute Gasteiger partial charge is 0.246 e. The summed E-state index contributed by atoms with van der Waals surface area (Å²) in [5.41, 5.74) is 0.724. The van der Waals surface area contributed by atoms with Crippen molar-refractivity contribution >= 4 is 26.0 Å². The third-order valence-electron chi connectivity index (χ3n) is 6.74. The van der Waals surface area contributed by atoms with Crippen LogP contribution in [0.15, 0.2) is 53.4 Å². The molecule has 4 rings (SSSR count). The number of likely N-dealkylation sites (tertiary alicyclic amines) is 1. The maximum absolute atomic E-state index is 14.6. The fraction of sp³-hybridized carbons (Fsp3) is 0.458. The maximum atomic E-state index is 14.6. The largest absolute Gasteiger partial charge is 0.342 e. The zero-order valence-corrected chi connectivity index (χ0v) is 21.4. The second-order valence-corrected chi connectivity index (χ2v) is 13.0. The highest BCUT2D eigenvalue weighted by molar-refractivity contribution is 7.89. The summed E-state index contributed by atoms with van der Waals surface area (Å²) in [7, 11) is -7.74. The van der Waals surface area contributed by atoms with Crippen molar-refractivity contribution in [1.82, 2.24) is 13.9 Å². The van der Waals surface area contributed by atoms with Crippen molar-refractivity contribution in [2.24, 2.45) is 5.92 Å². The van der Waals surface area contributed by atoms with Gasteiger partial charge in [0.15, 0.2) is 0 Å². The lowest BCUT2D eigenvalue weighted by molar-refractivity contribution is -0.138. The van der Waals surface area contributed by atoms with E-state index in [1.807, 2.05) is 0 Å². The highest BCUT2D eigenvalue weighted by Gasteiger charge is 2.42. The van der Waals surface area contributed by atoms with Gasteiger partial charge in [-0.15, -0.1) is 0 Å². The summed E-state index contributed by atoms with van der Waals surface area (Å²) in [5.74, 6) is -2.91. The molecule has 0 radical (unpaired) electrons. The van der Waals surface area contributed by atoms with E-state index in [0.29, 0.717) is 44.8 Å².